The quantitative estimate of drug-likeness (QED) is 0.522. The molecular formula is C20H23Cl2N3O6S. The molecule has 0 bridgehead atoms. The second-order valence-electron chi connectivity index (χ2n) is 7.37. The topological polar surface area (TPSA) is 130 Å². The lowest BCUT2D eigenvalue weighted by Gasteiger charge is -2.18. The summed E-state index contributed by atoms with van der Waals surface area (Å²) < 4.78 is 19.7. The third-order valence-corrected chi connectivity index (χ3v) is 7.52. The lowest BCUT2D eigenvalue weighted by molar-refractivity contribution is -0.121. The van der Waals surface area contributed by atoms with E-state index in [0.29, 0.717) is 21.9 Å². The van der Waals surface area contributed by atoms with Crippen molar-refractivity contribution in [1.82, 2.24) is 14.9 Å². The van der Waals surface area contributed by atoms with Crippen LogP contribution in [0.15, 0.2) is 38.9 Å². The molecule has 32 heavy (non-hydrogen) atoms. The molecule has 0 radical (unpaired) electrons. The number of aliphatic hydroxyl groups is 1. The zero-order valence-corrected chi connectivity index (χ0v) is 19.7. The number of H-pyrrole nitrogens is 1. The fourth-order valence-electron chi connectivity index (χ4n) is 3.33. The van der Waals surface area contributed by atoms with E-state index < -0.39 is 51.6 Å². The minimum atomic E-state index is -1.72. The van der Waals surface area contributed by atoms with Gasteiger partial charge in [0.1, 0.15) is 17.6 Å². The zero-order valence-electron chi connectivity index (χ0n) is 17.3. The Morgan fingerprint density at radius 2 is 2.12 bits per heavy atom. The molecule has 1 aliphatic heterocycles. The number of carbonyl (C=O) groups excluding carboxylic acids is 1. The van der Waals surface area contributed by atoms with Crippen LogP contribution in [-0.4, -0.2) is 48.8 Å². The molecule has 9 nitrogen and oxygen atoms in total. The van der Waals surface area contributed by atoms with Crippen LogP contribution >= 0.6 is 23.2 Å². The molecule has 12 heteroatoms. The maximum atomic E-state index is 12.7. The second-order valence-corrected chi connectivity index (χ2v) is 9.95. The van der Waals surface area contributed by atoms with Crippen LogP contribution in [0.3, 0.4) is 0 Å². The first-order valence-electron chi connectivity index (χ1n) is 9.93. The first kappa shape index (κ1) is 24.7. The maximum Gasteiger partial charge on any atom is 0.330 e. The van der Waals surface area contributed by atoms with Gasteiger partial charge in [-0.3, -0.25) is 23.3 Å². The van der Waals surface area contributed by atoms with Gasteiger partial charge in [-0.1, -0.05) is 30.1 Å². The van der Waals surface area contributed by atoms with Crippen molar-refractivity contribution in [2.24, 2.45) is 0 Å². The number of carbonyl (C=O) groups is 1. The summed E-state index contributed by atoms with van der Waals surface area (Å²) in [4.78, 5) is 38.9. The predicted molar refractivity (Wildman–Crippen MR) is 121 cm³/mol. The highest BCUT2D eigenvalue weighted by molar-refractivity contribution is 7.86. The predicted octanol–water partition coefficient (Wildman–Crippen LogP) is 1.37. The molecule has 2 aromatic rings. The first-order valence-corrected chi connectivity index (χ1v) is 11.9. The van der Waals surface area contributed by atoms with Gasteiger partial charge in [-0.25, -0.2) is 4.79 Å². The summed E-state index contributed by atoms with van der Waals surface area (Å²) in [6.07, 6.45) is -0.570. The highest BCUT2D eigenvalue weighted by Crippen LogP contribution is 2.28. The van der Waals surface area contributed by atoms with E-state index in [4.69, 9.17) is 27.9 Å². The van der Waals surface area contributed by atoms with E-state index in [1.165, 1.54) is 35.9 Å². The number of nitrogens with one attached hydrogen (secondary N) is 2. The van der Waals surface area contributed by atoms with Gasteiger partial charge >= 0.3 is 5.69 Å². The van der Waals surface area contributed by atoms with Gasteiger partial charge < -0.3 is 15.2 Å². The van der Waals surface area contributed by atoms with E-state index in [2.05, 4.69) is 10.3 Å². The Kier molecular flexibility index (Phi) is 7.94. The molecule has 1 aromatic carbocycles. The van der Waals surface area contributed by atoms with Crippen molar-refractivity contribution in [1.29, 1.82) is 0 Å². The van der Waals surface area contributed by atoms with E-state index >= 15 is 0 Å². The molecule has 1 aromatic heterocycles. The maximum absolute atomic E-state index is 12.7. The summed E-state index contributed by atoms with van der Waals surface area (Å²) in [6, 6.07) is 4.49. The monoisotopic (exact) mass is 503 g/mol. The highest BCUT2D eigenvalue weighted by atomic mass is 35.5. The Balaban J connectivity index is 1.63. The number of halogens is 2. The molecule has 1 fully saturated rings. The Morgan fingerprint density at radius 3 is 2.78 bits per heavy atom. The number of aromatic nitrogens is 2. The Labute approximate surface area is 196 Å². The number of ether oxygens (including phenoxy) is 1. The van der Waals surface area contributed by atoms with Crippen LogP contribution in [0, 0.1) is 0 Å². The van der Waals surface area contributed by atoms with Gasteiger partial charge in [0.2, 0.25) is 5.91 Å². The molecule has 3 rings (SSSR count). The van der Waals surface area contributed by atoms with Crippen molar-refractivity contribution < 1.29 is 18.8 Å². The molecule has 174 valence electrons. The number of aliphatic hydroxyl groups excluding tert-OH is 1. The van der Waals surface area contributed by atoms with Crippen LogP contribution in [0.4, 0.5) is 0 Å². The van der Waals surface area contributed by atoms with Crippen molar-refractivity contribution in [3.05, 3.63) is 60.8 Å². The number of rotatable bonds is 7. The minimum Gasteiger partial charge on any atom is -0.390 e. The molecule has 2 heterocycles. The number of amides is 1. The number of benzene rings is 1. The second kappa shape index (κ2) is 10.3. The average Bonchev–Trinajstić information content (AvgIpc) is 3.11. The van der Waals surface area contributed by atoms with Crippen molar-refractivity contribution in [3.63, 3.8) is 0 Å². The summed E-state index contributed by atoms with van der Waals surface area (Å²) in [7, 11) is -1.72. The molecule has 1 aliphatic rings. The van der Waals surface area contributed by atoms with Crippen molar-refractivity contribution >= 4 is 39.9 Å². The van der Waals surface area contributed by atoms with Gasteiger partial charge in [0.05, 0.1) is 26.8 Å². The molecular weight excluding hydrogens is 481 g/mol. The van der Waals surface area contributed by atoms with Crippen molar-refractivity contribution in [2.75, 3.05) is 6.54 Å². The normalized spacial score (nSPS) is 22.5. The van der Waals surface area contributed by atoms with Gasteiger partial charge in [-0.05, 0) is 31.5 Å². The van der Waals surface area contributed by atoms with Gasteiger partial charge in [-0.15, -0.1) is 0 Å². The Hall–Kier alpha value is -1.98. The molecule has 3 N–H and O–H groups in total. The highest BCUT2D eigenvalue weighted by Gasteiger charge is 2.36. The van der Waals surface area contributed by atoms with Gasteiger partial charge in [0, 0.05) is 29.7 Å². The van der Waals surface area contributed by atoms with E-state index in [1.54, 1.807) is 6.92 Å². The number of nitrogens with zero attached hydrogens (tertiary/aromatic N) is 1. The fraction of sp³-hybridized carbons (Fsp3) is 0.450. The fourth-order valence-corrected chi connectivity index (χ4v) is 5.08. The van der Waals surface area contributed by atoms with Crippen LogP contribution in [0.2, 0.25) is 10.0 Å². The molecule has 0 spiro atoms. The Morgan fingerprint density at radius 1 is 1.41 bits per heavy atom. The zero-order chi connectivity index (χ0) is 23.6. The summed E-state index contributed by atoms with van der Waals surface area (Å²) in [5.74, 6) is -0.511. The SMILES string of the molecule is CCc1cn([C@@H]2CC(O)[C@H](CNC(=O)[C@H](C)S(=O)c3ccc(Cl)cc3Cl)O2)c(=O)[nH]c1=O. The third-order valence-electron chi connectivity index (χ3n) is 5.22. The van der Waals surface area contributed by atoms with E-state index in [9.17, 15) is 23.7 Å². The van der Waals surface area contributed by atoms with E-state index in [0.717, 1.165) is 0 Å². The molecule has 5 atom stereocenters. The lowest BCUT2D eigenvalue weighted by atomic mass is 10.1. The molecule has 0 aliphatic carbocycles. The number of hydrogen-bond acceptors (Lipinski definition) is 6. The largest absolute Gasteiger partial charge is 0.390 e. The molecule has 0 saturated carbocycles. The van der Waals surface area contributed by atoms with Crippen LogP contribution in [0.5, 0.6) is 0 Å². The van der Waals surface area contributed by atoms with Crippen LogP contribution in [0.25, 0.3) is 0 Å². The van der Waals surface area contributed by atoms with Crippen LogP contribution < -0.4 is 16.6 Å². The smallest absolute Gasteiger partial charge is 0.330 e. The summed E-state index contributed by atoms with van der Waals surface area (Å²) >= 11 is 11.9. The lowest BCUT2D eigenvalue weighted by Crippen LogP contribution is -2.42. The van der Waals surface area contributed by atoms with Crippen LogP contribution in [0.1, 0.15) is 32.1 Å². The average molecular weight is 504 g/mol. The standard InChI is InChI=1S/C20H23Cl2N3O6S/c1-3-11-9-25(20(29)24-19(11)28)17-7-14(26)15(31-17)8-23-18(27)10(2)32(30)16-5-4-12(21)6-13(16)22/h4-6,9-10,14-15,17,26H,3,7-8H2,1-2H3,(H,23,27)(H,24,28,29)/t10-,14?,15-,17-,32?/m0/s1. The first-order chi connectivity index (χ1) is 15.1. The number of aryl methyl sites for hydroxylation is 1. The van der Waals surface area contributed by atoms with Gasteiger partial charge in [-0.2, -0.15) is 0 Å². The summed E-state index contributed by atoms with van der Waals surface area (Å²) in [6.45, 7) is 3.23. The summed E-state index contributed by atoms with van der Waals surface area (Å²) in [5, 5.41) is 12.6. The minimum absolute atomic E-state index is 0.0505. The molecule has 1 saturated heterocycles. The Bertz CT molecular complexity index is 1150. The van der Waals surface area contributed by atoms with Crippen molar-refractivity contribution in [3.8, 4) is 0 Å². The third kappa shape index (κ3) is 5.32. The summed E-state index contributed by atoms with van der Waals surface area (Å²) in [5.41, 5.74) is -0.687. The number of hydrogen-bond donors (Lipinski definition) is 3. The molecule has 2 unspecified atom stereocenters. The molecule has 1 amide bonds. The number of aromatic amines is 1. The van der Waals surface area contributed by atoms with E-state index in [-0.39, 0.29) is 18.0 Å². The van der Waals surface area contributed by atoms with Gasteiger partial charge in [0.15, 0.2) is 0 Å². The van der Waals surface area contributed by atoms with Crippen molar-refractivity contribution in [2.45, 2.75) is 55.3 Å². The van der Waals surface area contributed by atoms with E-state index in [1.807, 2.05) is 0 Å². The van der Waals surface area contributed by atoms with Gasteiger partial charge in [0.25, 0.3) is 5.56 Å². The van der Waals surface area contributed by atoms with Crippen LogP contribution in [-0.2, 0) is 26.8 Å².